The first kappa shape index (κ1) is 28.5. The van der Waals surface area contributed by atoms with Crippen molar-refractivity contribution in [3.8, 4) is 40.1 Å². The molecule has 0 amide bonds. The molecule has 0 fully saturated rings. The van der Waals surface area contributed by atoms with Gasteiger partial charge in [-0.05, 0) is 83.9 Å². The van der Waals surface area contributed by atoms with Gasteiger partial charge in [0.1, 0.15) is 5.75 Å². The van der Waals surface area contributed by atoms with Gasteiger partial charge in [0.05, 0.1) is 44.9 Å². The molecular formula is C47H28N4O2. The normalized spacial score (nSPS) is 14.1. The van der Waals surface area contributed by atoms with Gasteiger partial charge in [0.15, 0.2) is 17.2 Å². The molecule has 6 heteroatoms. The molecule has 0 saturated carbocycles. The zero-order chi connectivity index (χ0) is 34.7. The molecule has 9 aromatic rings. The van der Waals surface area contributed by atoms with Crippen molar-refractivity contribution in [3.05, 3.63) is 192 Å². The minimum atomic E-state index is -0.656. The Labute approximate surface area is 304 Å². The molecule has 3 aliphatic rings. The van der Waals surface area contributed by atoms with E-state index in [-0.39, 0.29) is 0 Å². The van der Waals surface area contributed by atoms with Crippen LogP contribution in [0.2, 0.25) is 0 Å². The average Bonchev–Trinajstić information content (AvgIpc) is 3.70. The van der Waals surface area contributed by atoms with Gasteiger partial charge in [0, 0.05) is 40.0 Å². The van der Waals surface area contributed by atoms with Crippen molar-refractivity contribution < 1.29 is 9.47 Å². The third-order valence-corrected chi connectivity index (χ3v) is 11.1. The second-order valence-electron chi connectivity index (χ2n) is 13.7. The van der Waals surface area contributed by atoms with Crippen LogP contribution in [0.4, 0.5) is 17.1 Å². The van der Waals surface area contributed by atoms with E-state index in [0.717, 1.165) is 101 Å². The number of anilines is 3. The zero-order valence-corrected chi connectivity index (χ0v) is 28.3. The minimum absolute atomic E-state index is 0.656. The topological polar surface area (TPSA) is 52.4 Å². The number of para-hydroxylation sites is 7. The first-order chi connectivity index (χ1) is 26.3. The van der Waals surface area contributed by atoms with E-state index in [0.29, 0.717) is 0 Å². The number of nitrogens with zero attached hydrogens (tertiary/aromatic N) is 4. The maximum absolute atomic E-state index is 7.06. The van der Waals surface area contributed by atoms with E-state index in [2.05, 4.69) is 125 Å². The lowest BCUT2D eigenvalue weighted by molar-refractivity contribution is 0.434. The summed E-state index contributed by atoms with van der Waals surface area (Å²) >= 11 is 0. The highest BCUT2D eigenvalue weighted by molar-refractivity contribution is 6.11. The number of pyridine rings is 2. The van der Waals surface area contributed by atoms with E-state index in [4.69, 9.17) is 19.4 Å². The molecule has 0 atom stereocenters. The van der Waals surface area contributed by atoms with Gasteiger partial charge in [0.2, 0.25) is 0 Å². The number of rotatable bonds is 2. The summed E-state index contributed by atoms with van der Waals surface area (Å²) in [4.78, 5) is 12.1. The molecule has 0 bridgehead atoms. The molecule has 1 spiro atoms. The summed E-state index contributed by atoms with van der Waals surface area (Å²) in [5.74, 6) is 3.31. The smallest absolute Gasteiger partial charge is 0.156 e. The number of fused-ring (bicyclic) bond motifs is 14. The molecule has 0 saturated heterocycles. The lowest BCUT2D eigenvalue weighted by atomic mass is 9.66. The predicted molar refractivity (Wildman–Crippen MR) is 209 cm³/mol. The van der Waals surface area contributed by atoms with Crippen molar-refractivity contribution in [2.45, 2.75) is 5.41 Å². The highest BCUT2D eigenvalue weighted by atomic mass is 16.5. The van der Waals surface area contributed by atoms with E-state index in [9.17, 15) is 0 Å². The van der Waals surface area contributed by atoms with Crippen LogP contribution in [0.1, 0.15) is 22.3 Å². The summed E-state index contributed by atoms with van der Waals surface area (Å²) in [5.41, 5.74) is 11.8. The Balaban J connectivity index is 1.13. The maximum Gasteiger partial charge on any atom is 0.156 e. The van der Waals surface area contributed by atoms with E-state index in [1.165, 1.54) is 0 Å². The lowest BCUT2D eigenvalue weighted by Gasteiger charge is -2.39. The Bertz CT molecular complexity index is 2910. The molecule has 12 rings (SSSR count). The van der Waals surface area contributed by atoms with Gasteiger partial charge in [-0.15, -0.1) is 0 Å². The number of benzene rings is 6. The fourth-order valence-corrected chi connectivity index (χ4v) is 9.08. The van der Waals surface area contributed by atoms with E-state index in [1.54, 1.807) is 0 Å². The molecule has 3 aromatic heterocycles. The molecule has 1 aliphatic carbocycles. The van der Waals surface area contributed by atoms with Crippen LogP contribution < -0.4 is 14.4 Å². The highest BCUT2D eigenvalue weighted by Crippen LogP contribution is 2.62. The van der Waals surface area contributed by atoms with Gasteiger partial charge in [-0.2, -0.15) is 0 Å². The molecule has 5 heterocycles. The molecule has 0 unspecified atom stereocenters. The summed E-state index contributed by atoms with van der Waals surface area (Å²) < 4.78 is 15.8. The molecule has 53 heavy (non-hydrogen) atoms. The van der Waals surface area contributed by atoms with Crippen molar-refractivity contribution >= 4 is 38.9 Å². The third-order valence-electron chi connectivity index (χ3n) is 11.1. The molecule has 0 N–H and O–H groups in total. The minimum Gasteiger partial charge on any atom is -0.454 e. The maximum atomic E-state index is 7.06. The summed E-state index contributed by atoms with van der Waals surface area (Å²) in [6.45, 7) is 0. The molecule has 248 valence electrons. The van der Waals surface area contributed by atoms with Crippen LogP contribution in [-0.2, 0) is 5.41 Å². The fourth-order valence-electron chi connectivity index (χ4n) is 9.08. The van der Waals surface area contributed by atoms with Crippen molar-refractivity contribution in [1.82, 2.24) is 14.5 Å². The average molecular weight is 681 g/mol. The summed E-state index contributed by atoms with van der Waals surface area (Å²) in [6, 6.07) is 55.3. The monoisotopic (exact) mass is 680 g/mol. The Kier molecular flexibility index (Phi) is 5.61. The van der Waals surface area contributed by atoms with Crippen LogP contribution in [0.5, 0.6) is 23.0 Å². The third kappa shape index (κ3) is 3.66. The summed E-state index contributed by atoms with van der Waals surface area (Å²) in [7, 11) is 0. The van der Waals surface area contributed by atoms with Gasteiger partial charge >= 0.3 is 0 Å². The number of hydrogen-bond acceptors (Lipinski definition) is 5. The first-order valence-corrected chi connectivity index (χ1v) is 17.8. The van der Waals surface area contributed by atoms with Gasteiger partial charge in [-0.25, -0.2) is 0 Å². The van der Waals surface area contributed by atoms with Crippen LogP contribution in [-0.4, -0.2) is 14.5 Å². The van der Waals surface area contributed by atoms with Gasteiger partial charge in [-0.3, -0.25) is 9.97 Å². The van der Waals surface area contributed by atoms with Crippen molar-refractivity contribution in [1.29, 1.82) is 0 Å². The molecule has 6 nitrogen and oxygen atoms in total. The van der Waals surface area contributed by atoms with Crippen LogP contribution in [0.25, 0.3) is 38.9 Å². The first-order valence-electron chi connectivity index (χ1n) is 17.8. The number of ether oxygens (including phenoxy) is 2. The Morgan fingerprint density at radius 1 is 0.434 bits per heavy atom. The van der Waals surface area contributed by atoms with Gasteiger partial charge in [0.25, 0.3) is 0 Å². The van der Waals surface area contributed by atoms with E-state index in [1.807, 2.05) is 54.9 Å². The molecular weight excluding hydrogens is 653 g/mol. The Morgan fingerprint density at radius 3 is 1.77 bits per heavy atom. The second kappa shape index (κ2) is 10.4. The Hall–Kier alpha value is -7.18. The Morgan fingerprint density at radius 2 is 1.02 bits per heavy atom. The van der Waals surface area contributed by atoms with Crippen molar-refractivity contribution in [3.63, 3.8) is 0 Å². The number of hydrogen-bond donors (Lipinski definition) is 0. The standard InChI is InChI=1S/C47H28N4O2/c1-3-17-36-30(12-1)31-28-29(50-38-18-4-7-22-42(38)52-43-23-8-5-19-39(43)50)24-25-37(31)51(36)40-20-9-14-35-46(40)53-41-21-6-2-13-32(41)47(35)33-15-10-26-48-44(33)45-34(47)16-11-27-49-45/h1-28H. The van der Waals surface area contributed by atoms with E-state index >= 15 is 0 Å². The van der Waals surface area contributed by atoms with Crippen LogP contribution in [0.15, 0.2) is 170 Å². The fraction of sp³-hybridized carbons (Fsp3) is 0.0213. The summed E-state index contributed by atoms with van der Waals surface area (Å²) in [5, 5.41) is 2.31. The van der Waals surface area contributed by atoms with Gasteiger partial charge < -0.3 is 18.9 Å². The van der Waals surface area contributed by atoms with Crippen molar-refractivity contribution in [2.24, 2.45) is 0 Å². The SMILES string of the molecule is c1ccc2c(c1)Oc1ccccc1N2c1ccc2c(c1)c1ccccc1n2-c1cccc2c1Oc1ccccc1C21c2cccnc2-c2ncccc21. The quantitative estimate of drug-likeness (QED) is 0.182. The second-order valence-corrected chi connectivity index (χ2v) is 13.7. The predicted octanol–water partition coefficient (Wildman–Crippen LogP) is 11.6. The molecule has 0 radical (unpaired) electrons. The molecule has 2 aliphatic heterocycles. The zero-order valence-electron chi connectivity index (χ0n) is 28.3. The lowest BCUT2D eigenvalue weighted by Crippen LogP contribution is -2.32. The number of aromatic nitrogens is 3. The molecule has 6 aromatic carbocycles. The van der Waals surface area contributed by atoms with Crippen LogP contribution in [0, 0.1) is 0 Å². The van der Waals surface area contributed by atoms with Crippen LogP contribution >= 0.6 is 0 Å². The van der Waals surface area contributed by atoms with Crippen LogP contribution in [0.3, 0.4) is 0 Å². The van der Waals surface area contributed by atoms with Crippen molar-refractivity contribution in [2.75, 3.05) is 4.90 Å². The summed E-state index contributed by atoms with van der Waals surface area (Å²) in [6.07, 6.45) is 3.72. The van der Waals surface area contributed by atoms with Gasteiger partial charge in [-0.1, -0.05) is 84.9 Å². The highest BCUT2D eigenvalue weighted by Gasteiger charge is 2.52. The largest absolute Gasteiger partial charge is 0.454 e. The van der Waals surface area contributed by atoms with E-state index < -0.39 is 5.41 Å².